The van der Waals surface area contributed by atoms with Crippen LogP contribution in [0.3, 0.4) is 0 Å². The van der Waals surface area contributed by atoms with Gasteiger partial charge in [-0.2, -0.15) is 0 Å². The lowest BCUT2D eigenvalue weighted by atomic mass is 9.82. The molecule has 0 aliphatic heterocycles. The molecule has 0 N–H and O–H groups in total. The first kappa shape index (κ1) is 26.9. The van der Waals surface area contributed by atoms with Gasteiger partial charge in [0.1, 0.15) is 0 Å². The van der Waals surface area contributed by atoms with Gasteiger partial charge in [-0.1, -0.05) is 152 Å². The third-order valence-corrected chi connectivity index (χ3v) is 9.95. The van der Waals surface area contributed by atoms with E-state index in [1.54, 1.807) is 0 Å². The number of nitrogens with zero attached hydrogens (tertiary/aromatic N) is 1. The minimum absolute atomic E-state index is 0.981. The molecule has 1 heterocycles. The zero-order valence-corrected chi connectivity index (χ0v) is 26.2. The van der Waals surface area contributed by atoms with Crippen LogP contribution in [-0.2, 0) is 0 Å². The lowest BCUT2D eigenvalue weighted by Gasteiger charge is -2.20. The summed E-state index contributed by atoms with van der Waals surface area (Å²) in [6.45, 7) is 0. The van der Waals surface area contributed by atoms with Crippen molar-refractivity contribution in [1.29, 1.82) is 0 Å². The summed E-state index contributed by atoms with van der Waals surface area (Å²) in [5.74, 6) is 0. The maximum atomic E-state index is 5.28. The van der Waals surface area contributed by atoms with Crippen molar-refractivity contribution in [2.45, 2.75) is 0 Å². The van der Waals surface area contributed by atoms with Gasteiger partial charge in [-0.25, -0.2) is 4.98 Å². The molecule has 1 aliphatic rings. The van der Waals surface area contributed by atoms with Crippen LogP contribution in [0, 0.1) is 0 Å². The van der Waals surface area contributed by atoms with E-state index in [0.29, 0.717) is 0 Å². The van der Waals surface area contributed by atoms with E-state index in [1.165, 1.54) is 77.2 Å². The summed E-state index contributed by atoms with van der Waals surface area (Å²) >= 11 is 0. The van der Waals surface area contributed by atoms with E-state index in [9.17, 15) is 0 Å². The van der Waals surface area contributed by atoms with Crippen LogP contribution in [-0.4, -0.2) is 4.98 Å². The predicted octanol–water partition coefficient (Wildman–Crippen LogP) is 12.9. The van der Waals surface area contributed by atoms with Crippen molar-refractivity contribution in [3.63, 3.8) is 0 Å². The maximum Gasteiger partial charge on any atom is 0.0716 e. The van der Waals surface area contributed by atoms with Crippen LogP contribution in [0.4, 0.5) is 0 Å². The van der Waals surface area contributed by atoms with Gasteiger partial charge in [0.05, 0.1) is 11.2 Å². The van der Waals surface area contributed by atoms with Gasteiger partial charge in [-0.05, 0) is 101 Å². The fraction of sp³-hybridized carbons (Fsp3) is 0. The Labute approximate surface area is 279 Å². The molecule has 10 rings (SSSR count). The number of para-hydroxylation sites is 1. The van der Waals surface area contributed by atoms with Crippen LogP contribution in [0.1, 0.15) is 0 Å². The molecule has 0 atom stereocenters. The van der Waals surface area contributed by atoms with Crippen molar-refractivity contribution in [3.8, 4) is 66.9 Å². The molecule has 0 radical (unpaired) electrons. The van der Waals surface area contributed by atoms with Crippen LogP contribution in [0.2, 0.25) is 0 Å². The summed E-state index contributed by atoms with van der Waals surface area (Å²) in [6, 6.07) is 63.8. The summed E-state index contributed by atoms with van der Waals surface area (Å²) < 4.78 is 0. The van der Waals surface area contributed by atoms with Gasteiger partial charge in [0.2, 0.25) is 0 Å². The quantitative estimate of drug-likeness (QED) is 0.194. The molecular formula is C47H29N. The summed E-state index contributed by atoms with van der Waals surface area (Å²) in [5.41, 5.74) is 15.7. The first-order chi connectivity index (χ1) is 23.8. The molecule has 0 saturated carbocycles. The Kier molecular flexibility index (Phi) is 5.94. The van der Waals surface area contributed by atoms with E-state index in [4.69, 9.17) is 4.98 Å². The molecule has 0 spiro atoms. The molecule has 1 heteroatoms. The highest BCUT2D eigenvalue weighted by molar-refractivity contribution is 6.28. The first-order valence-corrected chi connectivity index (χ1v) is 16.6. The number of fused-ring (bicyclic) bond motifs is 5. The Hall–Kier alpha value is -6.31. The third-order valence-electron chi connectivity index (χ3n) is 9.95. The van der Waals surface area contributed by atoms with E-state index in [2.05, 4.69) is 176 Å². The monoisotopic (exact) mass is 607 g/mol. The Balaban J connectivity index is 1.34. The number of pyridine rings is 1. The molecule has 1 aromatic heterocycles. The molecule has 0 bridgehead atoms. The summed E-state index contributed by atoms with van der Waals surface area (Å²) in [6.07, 6.45) is 0. The molecule has 8 aromatic carbocycles. The van der Waals surface area contributed by atoms with E-state index < -0.39 is 0 Å². The largest absolute Gasteiger partial charge is 0.248 e. The van der Waals surface area contributed by atoms with Gasteiger partial charge in [-0.15, -0.1) is 0 Å². The number of hydrogen-bond acceptors (Lipinski definition) is 1. The van der Waals surface area contributed by atoms with Crippen molar-refractivity contribution in [2.75, 3.05) is 0 Å². The molecule has 0 unspecified atom stereocenters. The van der Waals surface area contributed by atoms with Gasteiger partial charge in [0.25, 0.3) is 0 Å². The molecule has 222 valence electrons. The van der Waals surface area contributed by atoms with Gasteiger partial charge in [0.15, 0.2) is 0 Å². The molecule has 1 aliphatic carbocycles. The highest BCUT2D eigenvalue weighted by Crippen LogP contribution is 2.58. The molecular weight excluding hydrogens is 579 g/mol. The van der Waals surface area contributed by atoms with E-state index in [-0.39, 0.29) is 0 Å². The van der Waals surface area contributed by atoms with E-state index in [0.717, 1.165) is 22.2 Å². The topological polar surface area (TPSA) is 12.9 Å². The van der Waals surface area contributed by atoms with Crippen molar-refractivity contribution >= 4 is 32.4 Å². The van der Waals surface area contributed by atoms with Crippen LogP contribution in [0.5, 0.6) is 0 Å². The normalized spacial score (nSPS) is 11.8. The van der Waals surface area contributed by atoms with Gasteiger partial charge in [-0.3, -0.25) is 0 Å². The van der Waals surface area contributed by atoms with Gasteiger partial charge < -0.3 is 0 Å². The minimum Gasteiger partial charge on any atom is -0.248 e. The fourth-order valence-corrected chi connectivity index (χ4v) is 7.95. The van der Waals surface area contributed by atoms with E-state index in [1.807, 2.05) is 0 Å². The average molecular weight is 608 g/mol. The lowest BCUT2D eigenvalue weighted by Crippen LogP contribution is -1.94. The smallest absolute Gasteiger partial charge is 0.0716 e. The second-order valence-electron chi connectivity index (χ2n) is 12.6. The van der Waals surface area contributed by atoms with Crippen molar-refractivity contribution in [2.24, 2.45) is 0 Å². The van der Waals surface area contributed by atoms with Crippen LogP contribution in [0.25, 0.3) is 99.3 Å². The summed E-state index contributed by atoms with van der Waals surface area (Å²) in [7, 11) is 0. The zero-order chi connectivity index (χ0) is 31.6. The average Bonchev–Trinajstić information content (AvgIpc) is 3.49. The Morgan fingerprint density at radius 3 is 1.50 bits per heavy atom. The Morgan fingerprint density at radius 1 is 0.312 bits per heavy atom. The Bertz CT molecular complexity index is 2690. The summed E-state index contributed by atoms with van der Waals surface area (Å²) in [4.78, 5) is 5.28. The highest BCUT2D eigenvalue weighted by Gasteiger charge is 2.31. The molecule has 48 heavy (non-hydrogen) atoms. The second kappa shape index (κ2) is 10.6. The maximum absolute atomic E-state index is 5.28. The molecule has 0 fully saturated rings. The number of rotatable bonds is 4. The van der Waals surface area contributed by atoms with Crippen LogP contribution < -0.4 is 0 Å². The number of hydrogen-bond donors (Lipinski definition) is 0. The van der Waals surface area contributed by atoms with Crippen molar-refractivity contribution in [3.05, 3.63) is 176 Å². The van der Waals surface area contributed by atoms with Crippen LogP contribution in [0.15, 0.2) is 176 Å². The van der Waals surface area contributed by atoms with Gasteiger partial charge in [0, 0.05) is 10.9 Å². The number of aromatic nitrogens is 1. The molecule has 0 saturated heterocycles. The predicted molar refractivity (Wildman–Crippen MR) is 203 cm³/mol. The summed E-state index contributed by atoms with van der Waals surface area (Å²) in [5, 5.41) is 6.24. The number of benzene rings is 8. The molecule has 1 nitrogen and oxygen atoms in total. The Morgan fingerprint density at radius 2 is 0.854 bits per heavy atom. The van der Waals surface area contributed by atoms with E-state index >= 15 is 0 Å². The second-order valence-corrected chi connectivity index (χ2v) is 12.6. The minimum atomic E-state index is 0.981. The van der Waals surface area contributed by atoms with Gasteiger partial charge >= 0.3 is 0 Å². The third kappa shape index (κ3) is 4.01. The fourth-order valence-electron chi connectivity index (χ4n) is 7.95. The molecule has 9 aromatic rings. The molecule has 0 amide bonds. The van der Waals surface area contributed by atoms with Crippen molar-refractivity contribution < 1.29 is 0 Å². The van der Waals surface area contributed by atoms with Crippen molar-refractivity contribution in [1.82, 2.24) is 4.98 Å². The SMILES string of the molecule is c1ccc(-c2cc(-c3cc4c5c(cccc5c3)-c3c-4c(-c4ccccc4)c4ccccc4c3-c3ccccc3)nc3ccccc23)cc1. The van der Waals surface area contributed by atoms with Crippen LogP contribution >= 0.6 is 0 Å². The lowest BCUT2D eigenvalue weighted by molar-refractivity contribution is 1.40. The highest BCUT2D eigenvalue weighted by atomic mass is 14.7. The zero-order valence-electron chi connectivity index (χ0n) is 26.2. The first-order valence-electron chi connectivity index (χ1n) is 16.6. The standard InChI is InChI=1S/C47H29N/c1-4-15-30(16-5-1)39-29-42(48-41-26-13-12-22-35(39)41)34-27-33-21-14-25-38-43(33)40(28-34)47-45(32-19-8-3-9-20-32)37-24-11-10-23-36(37)44(46(38)47)31-17-6-2-7-18-31/h1-29H.